The molecule has 0 rings (SSSR count). The number of hydrogen-bond donors (Lipinski definition) is 1. The van der Waals surface area contributed by atoms with E-state index in [2.05, 4.69) is 21.9 Å². The van der Waals surface area contributed by atoms with E-state index in [0.29, 0.717) is 0 Å². The van der Waals surface area contributed by atoms with Crippen LogP contribution in [0.2, 0.25) is 0 Å². The molecule has 0 saturated carbocycles. The van der Waals surface area contributed by atoms with E-state index in [1.165, 1.54) is 6.42 Å². The highest BCUT2D eigenvalue weighted by molar-refractivity contribution is 5.71. The van der Waals surface area contributed by atoms with Gasteiger partial charge in [-0.1, -0.05) is 42.8 Å². The summed E-state index contributed by atoms with van der Waals surface area (Å²) in [5.41, 5.74) is 0. The molecular formula is C9H16N2O4. The first kappa shape index (κ1) is 13.5. The molecule has 0 aromatic rings. The lowest BCUT2D eigenvalue weighted by molar-refractivity contribution is 0.151. The Morgan fingerprint density at radius 2 is 1.80 bits per heavy atom. The minimum atomic E-state index is -1.50. The number of ether oxygens (including phenoxy) is 1. The van der Waals surface area contributed by atoms with Crippen molar-refractivity contribution in [2.75, 3.05) is 6.61 Å². The Kier molecular flexibility index (Phi) is 8.22. The highest BCUT2D eigenvalue weighted by Gasteiger charge is 2.00. The zero-order valence-corrected chi connectivity index (χ0v) is 8.81. The maximum absolute atomic E-state index is 10.7. The van der Waals surface area contributed by atoms with Crippen LogP contribution >= 0.6 is 0 Å². The fourth-order valence-electron chi connectivity index (χ4n) is 0.978. The van der Waals surface area contributed by atoms with Crippen molar-refractivity contribution < 1.29 is 19.4 Å². The molecule has 0 spiro atoms. The van der Waals surface area contributed by atoms with Crippen LogP contribution < -0.4 is 0 Å². The van der Waals surface area contributed by atoms with Crippen molar-refractivity contribution >= 4 is 12.2 Å². The van der Waals surface area contributed by atoms with Gasteiger partial charge in [0.25, 0.3) is 0 Å². The van der Waals surface area contributed by atoms with Crippen molar-refractivity contribution in [1.29, 1.82) is 0 Å². The predicted octanol–water partition coefficient (Wildman–Crippen LogP) is 3.22. The molecule has 15 heavy (non-hydrogen) atoms. The number of hydrogen-bond acceptors (Lipinski definition) is 3. The highest BCUT2D eigenvalue weighted by atomic mass is 16.5. The summed E-state index contributed by atoms with van der Waals surface area (Å²) in [6.07, 6.45) is 2.76. The third kappa shape index (κ3) is 10.5. The van der Waals surface area contributed by atoms with Crippen molar-refractivity contribution in [2.24, 2.45) is 10.2 Å². The molecule has 2 amide bonds. The topological polar surface area (TPSA) is 88.3 Å². The SMILES string of the molecule is CCCCCCCOC(=O)N=NC(=O)O. The van der Waals surface area contributed by atoms with Crippen LogP contribution in [0.5, 0.6) is 0 Å². The van der Waals surface area contributed by atoms with Gasteiger partial charge in [0.05, 0.1) is 6.61 Å². The zero-order chi connectivity index (χ0) is 11.5. The van der Waals surface area contributed by atoms with Crippen LogP contribution in [0.3, 0.4) is 0 Å². The molecule has 86 valence electrons. The number of nitrogens with zero attached hydrogens (tertiary/aromatic N) is 2. The number of rotatable bonds is 6. The fourth-order valence-corrected chi connectivity index (χ4v) is 0.978. The van der Waals surface area contributed by atoms with E-state index in [-0.39, 0.29) is 6.61 Å². The van der Waals surface area contributed by atoms with Gasteiger partial charge in [-0.2, -0.15) is 0 Å². The van der Waals surface area contributed by atoms with Gasteiger partial charge in [-0.05, 0) is 6.42 Å². The number of unbranched alkanes of at least 4 members (excludes halogenated alkanes) is 4. The predicted molar refractivity (Wildman–Crippen MR) is 53.0 cm³/mol. The number of carboxylic acid groups (broad SMARTS) is 1. The van der Waals surface area contributed by atoms with E-state index in [9.17, 15) is 9.59 Å². The van der Waals surface area contributed by atoms with E-state index in [4.69, 9.17) is 5.11 Å². The van der Waals surface area contributed by atoms with Crippen LogP contribution in [0.1, 0.15) is 39.0 Å². The van der Waals surface area contributed by atoms with Crippen molar-refractivity contribution in [3.8, 4) is 0 Å². The van der Waals surface area contributed by atoms with Gasteiger partial charge in [0.1, 0.15) is 0 Å². The first-order valence-corrected chi connectivity index (χ1v) is 4.98. The Morgan fingerprint density at radius 1 is 1.13 bits per heavy atom. The Morgan fingerprint density at radius 3 is 2.40 bits per heavy atom. The fraction of sp³-hybridized carbons (Fsp3) is 0.778. The molecule has 0 aromatic heterocycles. The van der Waals surface area contributed by atoms with E-state index < -0.39 is 12.2 Å². The van der Waals surface area contributed by atoms with Gasteiger partial charge in [0.15, 0.2) is 0 Å². The summed E-state index contributed by atoms with van der Waals surface area (Å²) in [6.45, 7) is 2.38. The molecular weight excluding hydrogens is 200 g/mol. The zero-order valence-electron chi connectivity index (χ0n) is 8.81. The molecule has 0 radical (unpaired) electrons. The van der Waals surface area contributed by atoms with Gasteiger partial charge in [0, 0.05) is 0 Å². The molecule has 0 atom stereocenters. The highest BCUT2D eigenvalue weighted by Crippen LogP contribution is 2.02. The lowest BCUT2D eigenvalue weighted by Gasteiger charge is -1.99. The van der Waals surface area contributed by atoms with Crippen LogP contribution in [0.15, 0.2) is 10.2 Å². The molecule has 0 aliphatic rings. The van der Waals surface area contributed by atoms with Gasteiger partial charge in [0.2, 0.25) is 0 Å². The van der Waals surface area contributed by atoms with Crippen LogP contribution in [-0.2, 0) is 4.74 Å². The molecule has 0 aliphatic carbocycles. The van der Waals surface area contributed by atoms with Gasteiger partial charge < -0.3 is 9.84 Å². The molecule has 0 aromatic carbocycles. The number of azo groups is 1. The van der Waals surface area contributed by atoms with Gasteiger partial charge >= 0.3 is 12.2 Å². The smallest absolute Gasteiger partial charge is 0.452 e. The summed E-state index contributed by atoms with van der Waals surface area (Å²) in [6, 6.07) is 0. The van der Waals surface area contributed by atoms with Gasteiger partial charge in [-0.25, -0.2) is 9.59 Å². The molecule has 0 fully saturated rings. The summed E-state index contributed by atoms with van der Waals surface area (Å²) in [5.74, 6) is 0. The second-order valence-electron chi connectivity index (χ2n) is 3.01. The van der Waals surface area contributed by atoms with Crippen molar-refractivity contribution in [2.45, 2.75) is 39.0 Å². The third-order valence-corrected chi connectivity index (χ3v) is 1.69. The molecule has 1 N–H and O–H groups in total. The lowest BCUT2D eigenvalue weighted by atomic mass is 10.2. The second kappa shape index (κ2) is 9.11. The Hall–Kier alpha value is -1.46. The summed E-state index contributed by atoms with van der Waals surface area (Å²) < 4.78 is 4.61. The van der Waals surface area contributed by atoms with E-state index in [1.807, 2.05) is 0 Å². The largest absolute Gasteiger partial charge is 0.462 e. The maximum atomic E-state index is 10.7. The van der Waals surface area contributed by atoms with Crippen molar-refractivity contribution in [3.63, 3.8) is 0 Å². The minimum Gasteiger partial charge on any atom is -0.462 e. The van der Waals surface area contributed by atoms with Gasteiger partial charge in [-0.3, -0.25) is 0 Å². The van der Waals surface area contributed by atoms with E-state index >= 15 is 0 Å². The number of carbonyl (C=O) groups excluding carboxylic acids is 1. The van der Waals surface area contributed by atoms with Crippen LogP contribution in [0, 0.1) is 0 Å². The third-order valence-electron chi connectivity index (χ3n) is 1.69. The quantitative estimate of drug-likeness (QED) is 0.545. The molecule has 6 heteroatoms. The van der Waals surface area contributed by atoms with Crippen molar-refractivity contribution in [3.05, 3.63) is 0 Å². The Balaban J connectivity index is 3.35. The average molecular weight is 216 g/mol. The molecule has 0 bridgehead atoms. The number of amides is 2. The number of carbonyl (C=O) groups is 2. The van der Waals surface area contributed by atoms with Crippen LogP contribution in [0.4, 0.5) is 9.59 Å². The van der Waals surface area contributed by atoms with Crippen LogP contribution in [-0.4, -0.2) is 23.9 Å². The summed E-state index contributed by atoms with van der Waals surface area (Å²) in [5, 5.41) is 13.5. The normalized spacial score (nSPS) is 10.5. The second-order valence-corrected chi connectivity index (χ2v) is 3.01. The molecule has 0 aliphatic heterocycles. The molecule has 0 heterocycles. The average Bonchev–Trinajstić information content (AvgIpc) is 2.20. The standard InChI is InChI=1S/C9H16N2O4/c1-2-3-4-5-6-7-15-9(14)11-10-8(12)13/h2-7H2,1H3,(H,12,13). The first-order chi connectivity index (χ1) is 7.16. The van der Waals surface area contributed by atoms with Crippen LogP contribution in [0.25, 0.3) is 0 Å². The first-order valence-electron chi connectivity index (χ1n) is 4.98. The van der Waals surface area contributed by atoms with E-state index in [0.717, 1.165) is 25.7 Å². The maximum Gasteiger partial charge on any atom is 0.452 e. The Bertz CT molecular complexity index is 228. The lowest BCUT2D eigenvalue weighted by Crippen LogP contribution is -2.00. The summed E-state index contributed by atoms with van der Waals surface area (Å²) in [7, 11) is 0. The molecule has 6 nitrogen and oxygen atoms in total. The van der Waals surface area contributed by atoms with Crippen molar-refractivity contribution in [1.82, 2.24) is 0 Å². The van der Waals surface area contributed by atoms with E-state index in [1.54, 1.807) is 0 Å². The summed E-state index contributed by atoms with van der Waals surface area (Å²) in [4.78, 5) is 20.6. The molecule has 0 saturated heterocycles. The minimum absolute atomic E-state index is 0.265. The Labute approximate surface area is 88.3 Å². The summed E-state index contributed by atoms with van der Waals surface area (Å²) >= 11 is 0. The van der Waals surface area contributed by atoms with Gasteiger partial charge in [-0.15, -0.1) is 0 Å². The monoisotopic (exact) mass is 216 g/mol. The molecule has 0 unspecified atom stereocenters.